The molecule has 2 saturated heterocycles. The molecule has 0 aromatic heterocycles. The molecule has 5 nitrogen and oxygen atoms in total. The molecule has 5 heteroatoms. The van der Waals surface area contributed by atoms with E-state index in [2.05, 4.69) is 10.6 Å². The minimum atomic E-state index is -0.391. The lowest BCUT2D eigenvalue weighted by atomic mass is 9.92. The van der Waals surface area contributed by atoms with Crippen molar-refractivity contribution < 1.29 is 9.59 Å². The van der Waals surface area contributed by atoms with Gasteiger partial charge in [0.2, 0.25) is 11.8 Å². The smallest absolute Gasteiger partial charge is 0.245 e. The van der Waals surface area contributed by atoms with Crippen molar-refractivity contribution in [2.24, 2.45) is 23.7 Å². The number of carbonyl (C=O) groups is 2. The molecule has 132 valence electrons. The number of nitrogens with one attached hydrogen (secondary N) is 2. The predicted molar refractivity (Wildman–Crippen MR) is 91.9 cm³/mol. The number of amides is 2. The maximum Gasteiger partial charge on any atom is 0.245 e. The Kier molecular flexibility index (Phi) is 6.45. The number of hydrogen-bond donors (Lipinski definition) is 2. The van der Waals surface area contributed by atoms with Crippen LogP contribution in [0.2, 0.25) is 0 Å². The van der Waals surface area contributed by atoms with Crippen molar-refractivity contribution in [2.45, 2.75) is 53.0 Å². The fraction of sp³-hybridized carbons (Fsp3) is 0.889. The largest absolute Gasteiger partial charge is 0.344 e. The number of fused-ring (bicyclic) bond motifs is 1. The van der Waals surface area contributed by atoms with Crippen molar-refractivity contribution in [3.8, 4) is 0 Å². The monoisotopic (exact) mass is 323 g/mol. The topological polar surface area (TPSA) is 61.4 Å². The summed E-state index contributed by atoms with van der Waals surface area (Å²) in [4.78, 5) is 27.0. The standard InChI is InChI=1S/C18H33N3O2/c1-12(2)9-16(22)20-17(13(3)4)18(23)21-7-5-14-10-19-11-15(14)6-8-21/h12-15,17,19H,5-11H2,1-4H3,(H,20,22)/t14-,15+,17?. The van der Waals surface area contributed by atoms with Gasteiger partial charge in [-0.15, -0.1) is 0 Å². The lowest BCUT2D eigenvalue weighted by Gasteiger charge is -2.29. The van der Waals surface area contributed by atoms with Crippen LogP contribution < -0.4 is 10.6 Å². The van der Waals surface area contributed by atoms with Crippen LogP contribution in [0.3, 0.4) is 0 Å². The average molecular weight is 323 g/mol. The van der Waals surface area contributed by atoms with Crippen molar-refractivity contribution >= 4 is 11.8 Å². The maximum absolute atomic E-state index is 12.9. The molecule has 23 heavy (non-hydrogen) atoms. The van der Waals surface area contributed by atoms with Gasteiger partial charge in [0, 0.05) is 19.5 Å². The van der Waals surface area contributed by atoms with E-state index < -0.39 is 6.04 Å². The molecule has 3 atom stereocenters. The Morgan fingerprint density at radius 1 is 1.09 bits per heavy atom. The molecule has 2 heterocycles. The molecule has 2 aliphatic rings. The number of rotatable bonds is 5. The van der Waals surface area contributed by atoms with Gasteiger partial charge in [-0.1, -0.05) is 27.7 Å². The molecular weight excluding hydrogens is 290 g/mol. The van der Waals surface area contributed by atoms with E-state index in [1.165, 1.54) is 0 Å². The zero-order chi connectivity index (χ0) is 17.0. The lowest BCUT2D eigenvalue weighted by molar-refractivity contribution is -0.137. The van der Waals surface area contributed by atoms with E-state index in [1.807, 2.05) is 32.6 Å². The van der Waals surface area contributed by atoms with E-state index in [0.717, 1.165) is 39.0 Å². The molecule has 0 saturated carbocycles. The van der Waals surface area contributed by atoms with E-state index in [9.17, 15) is 9.59 Å². The summed E-state index contributed by atoms with van der Waals surface area (Å²) in [5.41, 5.74) is 0. The van der Waals surface area contributed by atoms with Gasteiger partial charge in [-0.05, 0) is 49.6 Å². The summed E-state index contributed by atoms with van der Waals surface area (Å²) < 4.78 is 0. The van der Waals surface area contributed by atoms with E-state index in [0.29, 0.717) is 24.2 Å². The minimum Gasteiger partial charge on any atom is -0.344 e. The first kappa shape index (κ1) is 18.2. The average Bonchev–Trinajstić information content (AvgIpc) is 2.82. The van der Waals surface area contributed by atoms with Crippen LogP contribution in [0.4, 0.5) is 0 Å². The van der Waals surface area contributed by atoms with Gasteiger partial charge in [-0.25, -0.2) is 0 Å². The Bertz CT molecular complexity index is 408. The van der Waals surface area contributed by atoms with Gasteiger partial charge in [0.15, 0.2) is 0 Å². The first-order valence-electron chi connectivity index (χ1n) is 9.17. The van der Waals surface area contributed by atoms with E-state index >= 15 is 0 Å². The summed E-state index contributed by atoms with van der Waals surface area (Å²) in [5, 5.41) is 6.43. The Hall–Kier alpha value is -1.10. The first-order valence-corrected chi connectivity index (χ1v) is 9.17. The van der Waals surface area contributed by atoms with E-state index in [1.54, 1.807) is 0 Å². The molecule has 2 N–H and O–H groups in total. The van der Waals surface area contributed by atoms with Crippen LogP contribution in [0.5, 0.6) is 0 Å². The summed E-state index contributed by atoms with van der Waals surface area (Å²) in [7, 11) is 0. The third kappa shape index (κ3) is 4.93. The quantitative estimate of drug-likeness (QED) is 0.808. The van der Waals surface area contributed by atoms with Gasteiger partial charge in [0.1, 0.15) is 6.04 Å². The van der Waals surface area contributed by atoms with Gasteiger partial charge in [0.25, 0.3) is 0 Å². The molecule has 2 fully saturated rings. The SMILES string of the molecule is CC(C)CC(=O)NC(C(=O)N1CC[C@@H]2CNC[C@@H]2CC1)C(C)C. The first-order chi connectivity index (χ1) is 10.9. The fourth-order valence-electron chi connectivity index (χ4n) is 3.75. The summed E-state index contributed by atoms with van der Waals surface area (Å²) in [6, 6.07) is -0.391. The highest BCUT2D eigenvalue weighted by atomic mass is 16.2. The summed E-state index contributed by atoms with van der Waals surface area (Å²) in [5.74, 6) is 1.93. The number of hydrogen-bond acceptors (Lipinski definition) is 3. The Morgan fingerprint density at radius 2 is 1.65 bits per heavy atom. The third-order valence-corrected chi connectivity index (χ3v) is 5.17. The van der Waals surface area contributed by atoms with Crippen molar-refractivity contribution in [1.82, 2.24) is 15.5 Å². The highest BCUT2D eigenvalue weighted by molar-refractivity contribution is 5.88. The Balaban J connectivity index is 1.95. The van der Waals surface area contributed by atoms with Crippen LogP contribution in [0, 0.1) is 23.7 Å². The molecule has 0 bridgehead atoms. The maximum atomic E-state index is 12.9. The zero-order valence-corrected chi connectivity index (χ0v) is 15.1. The van der Waals surface area contributed by atoms with Crippen LogP contribution in [-0.2, 0) is 9.59 Å². The number of nitrogens with zero attached hydrogens (tertiary/aromatic N) is 1. The van der Waals surface area contributed by atoms with Gasteiger partial charge in [0.05, 0.1) is 0 Å². The Morgan fingerprint density at radius 3 is 2.13 bits per heavy atom. The van der Waals surface area contributed by atoms with Crippen LogP contribution in [0.15, 0.2) is 0 Å². The molecule has 2 amide bonds. The molecule has 1 unspecified atom stereocenters. The lowest BCUT2D eigenvalue weighted by Crippen LogP contribution is -2.51. The molecule has 0 aromatic carbocycles. The van der Waals surface area contributed by atoms with Crippen LogP contribution >= 0.6 is 0 Å². The number of carbonyl (C=O) groups excluding carboxylic acids is 2. The normalized spacial score (nSPS) is 26.1. The van der Waals surface area contributed by atoms with Gasteiger partial charge in [-0.3, -0.25) is 9.59 Å². The number of likely N-dealkylation sites (tertiary alicyclic amines) is 1. The molecule has 0 spiro atoms. The fourth-order valence-corrected chi connectivity index (χ4v) is 3.75. The van der Waals surface area contributed by atoms with Crippen molar-refractivity contribution in [3.05, 3.63) is 0 Å². The van der Waals surface area contributed by atoms with E-state index in [4.69, 9.17) is 0 Å². The van der Waals surface area contributed by atoms with Crippen molar-refractivity contribution in [1.29, 1.82) is 0 Å². The van der Waals surface area contributed by atoms with Crippen LogP contribution in [0.25, 0.3) is 0 Å². The second-order valence-electron chi connectivity index (χ2n) is 7.97. The molecule has 2 rings (SSSR count). The molecule has 0 aliphatic carbocycles. The van der Waals surface area contributed by atoms with Gasteiger partial charge < -0.3 is 15.5 Å². The Labute approximate surface area is 140 Å². The molecule has 0 aromatic rings. The highest BCUT2D eigenvalue weighted by Crippen LogP contribution is 2.27. The zero-order valence-electron chi connectivity index (χ0n) is 15.1. The highest BCUT2D eigenvalue weighted by Gasteiger charge is 2.34. The van der Waals surface area contributed by atoms with Crippen LogP contribution in [0.1, 0.15) is 47.0 Å². The van der Waals surface area contributed by atoms with Crippen LogP contribution in [-0.4, -0.2) is 48.9 Å². The van der Waals surface area contributed by atoms with Crippen molar-refractivity contribution in [3.63, 3.8) is 0 Å². The predicted octanol–water partition coefficient (Wildman–Crippen LogP) is 1.63. The molecule has 0 radical (unpaired) electrons. The van der Waals surface area contributed by atoms with Gasteiger partial charge in [-0.2, -0.15) is 0 Å². The minimum absolute atomic E-state index is 0.0112. The third-order valence-electron chi connectivity index (χ3n) is 5.17. The summed E-state index contributed by atoms with van der Waals surface area (Å²) in [6.45, 7) is 11.9. The second-order valence-corrected chi connectivity index (χ2v) is 7.97. The van der Waals surface area contributed by atoms with Crippen molar-refractivity contribution in [2.75, 3.05) is 26.2 Å². The molecular formula is C18H33N3O2. The summed E-state index contributed by atoms with van der Waals surface area (Å²) >= 11 is 0. The van der Waals surface area contributed by atoms with Gasteiger partial charge >= 0.3 is 0 Å². The summed E-state index contributed by atoms with van der Waals surface area (Å²) in [6.07, 6.45) is 2.63. The van der Waals surface area contributed by atoms with E-state index in [-0.39, 0.29) is 17.7 Å². The second kappa shape index (κ2) is 8.13. The molecule has 2 aliphatic heterocycles.